The lowest BCUT2D eigenvalue weighted by molar-refractivity contribution is 0.600. The zero-order valence-electron chi connectivity index (χ0n) is 15.9. The third-order valence-corrected chi connectivity index (χ3v) is 5.83. The number of aromatic nitrogens is 1. The Bertz CT molecular complexity index is 1080. The fourth-order valence-corrected chi connectivity index (χ4v) is 4.12. The van der Waals surface area contributed by atoms with Crippen LogP contribution in [0.2, 0.25) is 0 Å². The number of sulfonamides is 1. The summed E-state index contributed by atoms with van der Waals surface area (Å²) >= 11 is 0. The summed E-state index contributed by atoms with van der Waals surface area (Å²) < 4.78 is 27.9. The topological polar surface area (TPSA) is 71.1 Å². The van der Waals surface area contributed by atoms with Gasteiger partial charge in [-0.15, -0.1) is 0 Å². The molecule has 0 spiro atoms. The van der Waals surface area contributed by atoms with Crippen LogP contribution in [0.25, 0.3) is 0 Å². The zero-order valence-corrected chi connectivity index (χ0v) is 16.7. The highest BCUT2D eigenvalue weighted by molar-refractivity contribution is 7.92. The van der Waals surface area contributed by atoms with E-state index >= 15 is 0 Å². The quantitative estimate of drug-likeness (QED) is 0.662. The molecule has 3 aromatic rings. The summed E-state index contributed by atoms with van der Waals surface area (Å²) in [6.07, 6.45) is 1.51. The minimum Gasteiger partial charge on any atom is -0.340 e. The van der Waals surface area contributed by atoms with E-state index in [0.29, 0.717) is 17.1 Å². The number of rotatable bonds is 5. The molecular formula is C21H23N3O2S. The first-order valence-electron chi connectivity index (χ1n) is 8.65. The zero-order chi connectivity index (χ0) is 19.6. The van der Waals surface area contributed by atoms with Gasteiger partial charge in [0.15, 0.2) is 0 Å². The number of aryl methyl sites for hydroxylation is 4. The molecule has 5 nitrogen and oxygen atoms in total. The summed E-state index contributed by atoms with van der Waals surface area (Å²) in [5.74, 6) is 0.651. The second kappa shape index (κ2) is 7.40. The molecule has 6 heteroatoms. The highest BCUT2D eigenvalue weighted by Gasteiger charge is 2.17. The molecule has 0 fully saturated rings. The second-order valence-electron chi connectivity index (χ2n) is 6.75. The van der Waals surface area contributed by atoms with Crippen LogP contribution in [0.4, 0.5) is 17.2 Å². The van der Waals surface area contributed by atoms with Crippen LogP contribution in [-0.4, -0.2) is 13.4 Å². The van der Waals surface area contributed by atoms with Crippen molar-refractivity contribution >= 4 is 27.2 Å². The summed E-state index contributed by atoms with van der Waals surface area (Å²) in [5.41, 5.74) is 5.40. The van der Waals surface area contributed by atoms with Crippen molar-refractivity contribution in [2.45, 2.75) is 32.6 Å². The van der Waals surface area contributed by atoms with Crippen molar-refractivity contribution in [2.75, 3.05) is 10.0 Å². The van der Waals surface area contributed by atoms with Crippen molar-refractivity contribution < 1.29 is 8.42 Å². The van der Waals surface area contributed by atoms with E-state index < -0.39 is 10.0 Å². The van der Waals surface area contributed by atoms with E-state index in [1.807, 2.05) is 39.0 Å². The van der Waals surface area contributed by atoms with Gasteiger partial charge in [-0.25, -0.2) is 13.4 Å². The van der Waals surface area contributed by atoms with Crippen LogP contribution >= 0.6 is 0 Å². The molecule has 2 N–H and O–H groups in total. The monoisotopic (exact) mass is 381 g/mol. The van der Waals surface area contributed by atoms with Crippen molar-refractivity contribution in [3.05, 3.63) is 77.0 Å². The Hall–Kier alpha value is -2.86. The van der Waals surface area contributed by atoms with Crippen LogP contribution < -0.4 is 10.0 Å². The average molecular weight is 382 g/mol. The second-order valence-corrected chi connectivity index (χ2v) is 8.40. The number of hydrogen-bond donors (Lipinski definition) is 2. The third-order valence-electron chi connectivity index (χ3n) is 4.29. The molecule has 27 heavy (non-hydrogen) atoms. The lowest BCUT2D eigenvalue weighted by Crippen LogP contribution is -2.14. The van der Waals surface area contributed by atoms with Crippen LogP contribution in [0.15, 0.2) is 59.6 Å². The van der Waals surface area contributed by atoms with Gasteiger partial charge in [0.1, 0.15) is 5.82 Å². The highest BCUT2D eigenvalue weighted by Crippen LogP contribution is 2.23. The van der Waals surface area contributed by atoms with Gasteiger partial charge in [-0.3, -0.25) is 4.72 Å². The van der Waals surface area contributed by atoms with Gasteiger partial charge in [0.05, 0.1) is 16.8 Å². The molecule has 0 saturated carbocycles. The molecule has 3 rings (SSSR count). The van der Waals surface area contributed by atoms with E-state index in [1.54, 1.807) is 31.2 Å². The van der Waals surface area contributed by atoms with Crippen LogP contribution in [0.5, 0.6) is 0 Å². The van der Waals surface area contributed by atoms with Crippen LogP contribution in [-0.2, 0) is 10.0 Å². The fraction of sp³-hybridized carbons (Fsp3) is 0.190. The SMILES string of the molecule is Cc1ccc(S(=O)(=O)Nc2ccc(Nc3cc(C)ccc3C)nc2)c(C)c1. The summed E-state index contributed by atoms with van der Waals surface area (Å²) in [7, 11) is -3.66. The van der Waals surface area contributed by atoms with E-state index in [4.69, 9.17) is 0 Å². The first kappa shape index (κ1) is 18.9. The Balaban J connectivity index is 1.78. The molecule has 0 aliphatic heterocycles. The molecular weight excluding hydrogens is 358 g/mol. The molecule has 2 aromatic carbocycles. The predicted molar refractivity (Wildman–Crippen MR) is 110 cm³/mol. The van der Waals surface area contributed by atoms with Crippen molar-refractivity contribution in [1.29, 1.82) is 0 Å². The molecule has 0 saturated heterocycles. The summed E-state index contributed by atoms with van der Waals surface area (Å²) in [6, 6.07) is 14.9. The molecule has 0 bridgehead atoms. The Morgan fingerprint density at radius 2 is 1.52 bits per heavy atom. The normalized spacial score (nSPS) is 11.3. The Labute approximate surface area is 160 Å². The summed E-state index contributed by atoms with van der Waals surface area (Å²) in [6.45, 7) is 7.77. The molecule has 0 atom stereocenters. The molecule has 0 aliphatic carbocycles. The standard InChI is InChI=1S/C21H23N3O2S/c1-14-6-9-20(17(4)11-14)27(25,26)24-18-8-10-21(22-13-18)23-19-12-15(2)5-7-16(19)3/h5-13,24H,1-4H3,(H,22,23). The number of nitrogens with one attached hydrogen (secondary N) is 2. The van der Waals surface area contributed by atoms with Crippen molar-refractivity contribution in [1.82, 2.24) is 4.98 Å². The third kappa shape index (κ3) is 4.46. The maximum atomic E-state index is 12.6. The summed E-state index contributed by atoms with van der Waals surface area (Å²) in [5, 5.41) is 3.26. The van der Waals surface area contributed by atoms with E-state index in [0.717, 1.165) is 22.4 Å². The Kier molecular flexibility index (Phi) is 5.19. The van der Waals surface area contributed by atoms with E-state index in [1.165, 1.54) is 6.20 Å². The minimum atomic E-state index is -3.66. The Morgan fingerprint density at radius 3 is 2.19 bits per heavy atom. The predicted octanol–water partition coefficient (Wildman–Crippen LogP) is 4.86. The number of pyridine rings is 1. The molecule has 0 amide bonds. The lowest BCUT2D eigenvalue weighted by Gasteiger charge is -2.12. The highest BCUT2D eigenvalue weighted by atomic mass is 32.2. The first-order valence-corrected chi connectivity index (χ1v) is 10.1. The van der Waals surface area contributed by atoms with Gasteiger partial charge in [0.2, 0.25) is 0 Å². The number of benzene rings is 2. The van der Waals surface area contributed by atoms with E-state index in [-0.39, 0.29) is 4.90 Å². The molecule has 140 valence electrons. The molecule has 0 aliphatic rings. The van der Waals surface area contributed by atoms with Gasteiger partial charge in [-0.05, 0) is 68.7 Å². The van der Waals surface area contributed by atoms with Gasteiger partial charge >= 0.3 is 0 Å². The van der Waals surface area contributed by atoms with E-state index in [2.05, 4.69) is 21.1 Å². The van der Waals surface area contributed by atoms with Gasteiger partial charge < -0.3 is 5.32 Å². The van der Waals surface area contributed by atoms with E-state index in [9.17, 15) is 8.42 Å². The maximum absolute atomic E-state index is 12.6. The van der Waals surface area contributed by atoms with Gasteiger partial charge in [0, 0.05) is 5.69 Å². The smallest absolute Gasteiger partial charge is 0.262 e. The number of hydrogen-bond acceptors (Lipinski definition) is 4. The lowest BCUT2D eigenvalue weighted by atomic mass is 10.1. The number of nitrogens with zero attached hydrogens (tertiary/aromatic N) is 1. The molecule has 1 heterocycles. The fourth-order valence-electron chi connectivity index (χ4n) is 2.85. The molecule has 0 radical (unpaired) electrons. The average Bonchev–Trinajstić information content (AvgIpc) is 2.59. The van der Waals surface area contributed by atoms with Crippen molar-refractivity contribution in [3.8, 4) is 0 Å². The van der Waals surface area contributed by atoms with Gasteiger partial charge in [0.25, 0.3) is 10.0 Å². The van der Waals surface area contributed by atoms with Crippen LogP contribution in [0.3, 0.4) is 0 Å². The van der Waals surface area contributed by atoms with Crippen LogP contribution in [0, 0.1) is 27.7 Å². The minimum absolute atomic E-state index is 0.269. The molecule has 1 aromatic heterocycles. The maximum Gasteiger partial charge on any atom is 0.262 e. The Morgan fingerprint density at radius 1 is 0.815 bits per heavy atom. The van der Waals surface area contributed by atoms with Gasteiger partial charge in [-0.2, -0.15) is 0 Å². The largest absolute Gasteiger partial charge is 0.340 e. The number of anilines is 3. The van der Waals surface area contributed by atoms with Crippen LogP contribution in [0.1, 0.15) is 22.3 Å². The van der Waals surface area contributed by atoms with Gasteiger partial charge in [-0.1, -0.05) is 29.8 Å². The first-order chi connectivity index (χ1) is 12.7. The molecule has 0 unspecified atom stereocenters. The summed E-state index contributed by atoms with van der Waals surface area (Å²) in [4.78, 5) is 4.59. The van der Waals surface area contributed by atoms with Crippen molar-refractivity contribution in [3.63, 3.8) is 0 Å². The van der Waals surface area contributed by atoms with Crippen molar-refractivity contribution in [2.24, 2.45) is 0 Å².